The Balaban J connectivity index is 2.30. The zero-order chi connectivity index (χ0) is 19.3. The maximum atomic E-state index is 12.8. The number of aromatic nitrogens is 2. The van der Waals surface area contributed by atoms with E-state index in [4.69, 9.17) is 14.2 Å². The molecule has 0 saturated heterocycles. The molecule has 0 aromatic carbocycles. The third kappa shape index (κ3) is 4.10. The molecule has 0 bridgehead atoms. The number of thiophene rings is 1. The van der Waals surface area contributed by atoms with Gasteiger partial charge < -0.3 is 14.2 Å². The third-order valence-electron chi connectivity index (χ3n) is 3.77. The second-order valence-corrected chi connectivity index (χ2v) is 6.45. The molecule has 2 aromatic rings. The van der Waals surface area contributed by atoms with Gasteiger partial charge in [-0.15, -0.1) is 11.3 Å². The Morgan fingerprint density at radius 2 is 1.96 bits per heavy atom. The summed E-state index contributed by atoms with van der Waals surface area (Å²) < 4.78 is 16.4. The van der Waals surface area contributed by atoms with Crippen LogP contribution in [-0.2, 0) is 19.0 Å². The Morgan fingerprint density at radius 3 is 2.62 bits per heavy atom. The fourth-order valence-corrected chi connectivity index (χ4v) is 3.42. The van der Waals surface area contributed by atoms with Gasteiger partial charge in [-0.1, -0.05) is 0 Å². The standard InChI is InChI=1S/C17H22N2O6S/c1-5-23-7-8-25-16(21)11(4)19-9-18-14-12(15(19)20)10(3)13(26-14)17(22)24-6-2/h9,11H,5-8H2,1-4H3/t11-/m0/s1. The summed E-state index contributed by atoms with van der Waals surface area (Å²) in [4.78, 5) is 42.0. The molecular weight excluding hydrogens is 360 g/mol. The average molecular weight is 382 g/mol. The van der Waals surface area contributed by atoms with Crippen molar-refractivity contribution in [3.63, 3.8) is 0 Å². The van der Waals surface area contributed by atoms with E-state index in [2.05, 4.69) is 4.98 Å². The minimum absolute atomic E-state index is 0.117. The maximum Gasteiger partial charge on any atom is 0.348 e. The van der Waals surface area contributed by atoms with Crippen LogP contribution in [0.3, 0.4) is 0 Å². The second-order valence-electron chi connectivity index (χ2n) is 5.45. The lowest BCUT2D eigenvalue weighted by Crippen LogP contribution is -2.30. The first-order valence-corrected chi connectivity index (χ1v) is 9.15. The SMILES string of the molecule is CCOCCOC(=O)[C@H](C)n1cnc2sc(C(=O)OCC)c(C)c2c1=O. The number of esters is 2. The topological polar surface area (TPSA) is 96.7 Å². The molecule has 0 aliphatic heterocycles. The van der Waals surface area contributed by atoms with Crippen molar-refractivity contribution in [3.05, 3.63) is 27.1 Å². The minimum atomic E-state index is -0.841. The molecule has 8 nitrogen and oxygen atoms in total. The van der Waals surface area contributed by atoms with Crippen molar-refractivity contribution in [2.24, 2.45) is 0 Å². The molecule has 26 heavy (non-hydrogen) atoms. The van der Waals surface area contributed by atoms with E-state index in [0.29, 0.717) is 33.9 Å². The van der Waals surface area contributed by atoms with Crippen LogP contribution in [0.25, 0.3) is 10.2 Å². The Labute approximate surface area is 154 Å². The highest BCUT2D eigenvalue weighted by atomic mass is 32.1. The van der Waals surface area contributed by atoms with E-state index < -0.39 is 23.5 Å². The van der Waals surface area contributed by atoms with E-state index in [1.54, 1.807) is 20.8 Å². The van der Waals surface area contributed by atoms with Gasteiger partial charge in [-0.3, -0.25) is 9.36 Å². The normalized spacial score (nSPS) is 12.2. The first-order valence-electron chi connectivity index (χ1n) is 8.34. The smallest absolute Gasteiger partial charge is 0.348 e. The van der Waals surface area contributed by atoms with Crippen molar-refractivity contribution in [1.82, 2.24) is 9.55 Å². The molecule has 0 unspecified atom stereocenters. The summed E-state index contributed by atoms with van der Waals surface area (Å²) in [6.45, 7) is 7.99. The summed E-state index contributed by atoms with van der Waals surface area (Å²) in [6.07, 6.45) is 1.30. The molecule has 0 N–H and O–H groups in total. The van der Waals surface area contributed by atoms with Crippen molar-refractivity contribution in [2.45, 2.75) is 33.7 Å². The molecule has 2 heterocycles. The van der Waals surface area contributed by atoms with E-state index in [0.717, 1.165) is 11.3 Å². The Bertz CT molecular complexity index is 857. The van der Waals surface area contributed by atoms with Crippen LogP contribution in [0, 0.1) is 6.92 Å². The minimum Gasteiger partial charge on any atom is -0.462 e. The molecule has 0 amide bonds. The Hall–Kier alpha value is -2.26. The number of carbonyl (C=O) groups is 2. The summed E-state index contributed by atoms with van der Waals surface area (Å²) >= 11 is 1.10. The number of aryl methyl sites for hydroxylation is 1. The first kappa shape index (κ1) is 20.1. The number of fused-ring (bicyclic) bond motifs is 1. The summed E-state index contributed by atoms with van der Waals surface area (Å²) in [5.74, 6) is -1.03. The van der Waals surface area contributed by atoms with Gasteiger partial charge in [-0.25, -0.2) is 14.6 Å². The molecule has 2 rings (SSSR count). The lowest BCUT2D eigenvalue weighted by molar-refractivity contribution is -0.148. The number of rotatable bonds is 8. The molecule has 0 saturated carbocycles. The highest BCUT2D eigenvalue weighted by Crippen LogP contribution is 2.27. The van der Waals surface area contributed by atoms with E-state index in [1.807, 2.05) is 6.92 Å². The maximum absolute atomic E-state index is 12.8. The quantitative estimate of drug-likeness (QED) is 0.509. The molecule has 0 radical (unpaired) electrons. The van der Waals surface area contributed by atoms with Gasteiger partial charge in [0.05, 0.1) is 24.9 Å². The van der Waals surface area contributed by atoms with Crippen molar-refractivity contribution < 1.29 is 23.8 Å². The van der Waals surface area contributed by atoms with Gasteiger partial charge in [0.2, 0.25) is 0 Å². The third-order valence-corrected chi connectivity index (χ3v) is 4.95. The van der Waals surface area contributed by atoms with E-state index >= 15 is 0 Å². The number of hydrogen-bond acceptors (Lipinski definition) is 8. The van der Waals surface area contributed by atoms with Crippen LogP contribution >= 0.6 is 11.3 Å². The van der Waals surface area contributed by atoms with Gasteiger partial charge in [0.15, 0.2) is 0 Å². The molecule has 0 aliphatic rings. The summed E-state index contributed by atoms with van der Waals surface area (Å²) in [7, 11) is 0. The van der Waals surface area contributed by atoms with Crippen LogP contribution in [0.1, 0.15) is 42.0 Å². The molecule has 0 fully saturated rings. The van der Waals surface area contributed by atoms with Crippen LogP contribution in [0.15, 0.2) is 11.1 Å². The van der Waals surface area contributed by atoms with Gasteiger partial charge in [0, 0.05) is 6.61 Å². The number of hydrogen-bond donors (Lipinski definition) is 0. The van der Waals surface area contributed by atoms with Crippen molar-refractivity contribution in [2.75, 3.05) is 26.4 Å². The molecule has 0 aliphatic carbocycles. The van der Waals surface area contributed by atoms with Gasteiger partial charge >= 0.3 is 11.9 Å². The van der Waals surface area contributed by atoms with Crippen LogP contribution in [0.4, 0.5) is 0 Å². The van der Waals surface area contributed by atoms with Crippen molar-refractivity contribution in [3.8, 4) is 0 Å². The fourth-order valence-electron chi connectivity index (χ4n) is 2.38. The predicted octanol–water partition coefficient (Wildman–Crippen LogP) is 2.08. The summed E-state index contributed by atoms with van der Waals surface area (Å²) in [6, 6.07) is -0.841. The molecular formula is C17H22N2O6S. The van der Waals surface area contributed by atoms with E-state index in [-0.39, 0.29) is 13.2 Å². The number of nitrogens with zero attached hydrogens (tertiary/aromatic N) is 2. The Morgan fingerprint density at radius 1 is 1.23 bits per heavy atom. The van der Waals surface area contributed by atoms with Gasteiger partial charge in [0.25, 0.3) is 5.56 Å². The van der Waals surface area contributed by atoms with Crippen molar-refractivity contribution >= 4 is 33.5 Å². The first-order chi connectivity index (χ1) is 12.4. The van der Waals surface area contributed by atoms with Crippen LogP contribution in [0.5, 0.6) is 0 Å². The number of carbonyl (C=O) groups excluding carboxylic acids is 2. The van der Waals surface area contributed by atoms with E-state index in [1.165, 1.54) is 10.9 Å². The highest BCUT2D eigenvalue weighted by molar-refractivity contribution is 7.20. The number of ether oxygens (including phenoxy) is 3. The average Bonchev–Trinajstić information content (AvgIpc) is 2.96. The van der Waals surface area contributed by atoms with Crippen LogP contribution in [0.2, 0.25) is 0 Å². The van der Waals surface area contributed by atoms with E-state index in [9.17, 15) is 14.4 Å². The molecule has 1 atom stereocenters. The fraction of sp³-hybridized carbons (Fsp3) is 0.529. The van der Waals surface area contributed by atoms with Crippen LogP contribution < -0.4 is 5.56 Å². The lowest BCUT2D eigenvalue weighted by Gasteiger charge is -2.14. The largest absolute Gasteiger partial charge is 0.462 e. The molecule has 0 spiro atoms. The van der Waals surface area contributed by atoms with Gasteiger partial charge in [0.1, 0.15) is 22.4 Å². The van der Waals surface area contributed by atoms with Crippen LogP contribution in [-0.4, -0.2) is 47.9 Å². The van der Waals surface area contributed by atoms with Gasteiger partial charge in [-0.05, 0) is 33.3 Å². The highest BCUT2D eigenvalue weighted by Gasteiger charge is 2.24. The van der Waals surface area contributed by atoms with Crippen molar-refractivity contribution in [1.29, 1.82) is 0 Å². The second kappa shape index (κ2) is 8.91. The predicted molar refractivity (Wildman–Crippen MR) is 96.7 cm³/mol. The molecule has 9 heteroatoms. The van der Waals surface area contributed by atoms with Gasteiger partial charge in [-0.2, -0.15) is 0 Å². The zero-order valence-corrected chi connectivity index (χ0v) is 16.1. The summed E-state index contributed by atoms with van der Waals surface area (Å²) in [5.41, 5.74) is 0.112. The lowest BCUT2D eigenvalue weighted by atomic mass is 10.2. The summed E-state index contributed by atoms with van der Waals surface area (Å²) in [5, 5.41) is 0.314. The Kier molecular flexibility index (Phi) is 6.87. The monoisotopic (exact) mass is 382 g/mol. The molecule has 2 aromatic heterocycles. The molecule has 142 valence electrons. The zero-order valence-electron chi connectivity index (χ0n) is 15.2.